The summed E-state index contributed by atoms with van der Waals surface area (Å²) >= 11 is 0. The van der Waals surface area contributed by atoms with Crippen molar-refractivity contribution in [2.45, 2.75) is 13.0 Å². The van der Waals surface area contributed by atoms with E-state index in [2.05, 4.69) is 20.1 Å². The van der Waals surface area contributed by atoms with Crippen LogP contribution in [0.5, 0.6) is 0 Å². The molecule has 1 aliphatic heterocycles. The number of aromatic nitrogens is 1. The van der Waals surface area contributed by atoms with E-state index in [1.54, 1.807) is 18.5 Å². The highest BCUT2D eigenvalue weighted by atomic mass is 19.1. The zero-order valence-electron chi connectivity index (χ0n) is 16.4. The molecule has 2 aromatic heterocycles. The number of anilines is 2. The summed E-state index contributed by atoms with van der Waals surface area (Å²) in [7, 11) is 0. The summed E-state index contributed by atoms with van der Waals surface area (Å²) in [6.45, 7) is 4.39. The molecule has 1 amide bonds. The molecule has 0 spiro atoms. The summed E-state index contributed by atoms with van der Waals surface area (Å²) in [6.07, 6.45) is 4.24. The van der Waals surface area contributed by atoms with Gasteiger partial charge in [-0.1, -0.05) is 0 Å². The number of amides is 1. The Kier molecular flexibility index (Phi) is 6.04. The van der Waals surface area contributed by atoms with E-state index in [0.717, 1.165) is 68.9 Å². The highest BCUT2D eigenvalue weighted by Gasteiger charge is 2.17. The standard InChI is InChI=1S/C22H22F2N4O2/c23-17-11-16(12-18(24)13-17)22(29)26-19-4-5-21(25-14-19)28-7-2-6-27(8-9-28)15-20-3-1-10-30-20/h1,3-5,10-14H,2,6-9,15H2,(H,26,29). The second-order valence-electron chi connectivity index (χ2n) is 7.21. The van der Waals surface area contributed by atoms with Crippen LogP contribution >= 0.6 is 0 Å². The van der Waals surface area contributed by atoms with E-state index >= 15 is 0 Å². The monoisotopic (exact) mass is 412 g/mol. The van der Waals surface area contributed by atoms with Gasteiger partial charge in [0.25, 0.3) is 5.91 Å². The normalized spacial score (nSPS) is 15.1. The molecule has 4 rings (SSSR count). The Labute approximate surface area is 173 Å². The van der Waals surface area contributed by atoms with E-state index in [9.17, 15) is 13.6 Å². The third-order valence-corrected chi connectivity index (χ3v) is 5.00. The number of nitrogens with zero attached hydrogens (tertiary/aromatic N) is 3. The zero-order chi connectivity index (χ0) is 20.9. The van der Waals surface area contributed by atoms with Gasteiger partial charge in [0, 0.05) is 37.8 Å². The maximum atomic E-state index is 13.3. The third-order valence-electron chi connectivity index (χ3n) is 5.00. The predicted molar refractivity (Wildman–Crippen MR) is 109 cm³/mol. The fourth-order valence-corrected chi connectivity index (χ4v) is 3.52. The molecule has 3 aromatic rings. The molecular weight excluding hydrogens is 390 g/mol. The van der Waals surface area contributed by atoms with Crippen LogP contribution in [0.2, 0.25) is 0 Å². The van der Waals surface area contributed by atoms with E-state index in [0.29, 0.717) is 5.69 Å². The molecule has 0 unspecified atom stereocenters. The van der Waals surface area contributed by atoms with Gasteiger partial charge in [0.1, 0.15) is 23.2 Å². The fourth-order valence-electron chi connectivity index (χ4n) is 3.52. The number of carbonyl (C=O) groups is 1. The van der Waals surface area contributed by atoms with Crippen LogP contribution in [0.1, 0.15) is 22.5 Å². The molecule has 1 N–H and O–H groups in total. The highest BCUT2D eigenvalue weighted by Crippen LogP contribution is 2.18. The molecule has 3 heterocycles. The molecule has 0 radical (unpaired) electrons. The van der Waals surface area contributed by atoms with Crippen molar-refractivity contribution >= 4 is 17.4 Å². The minimum atomic E-state index is -0.795. The first kappa shape index (κ1) is 20.0. The van der Waals surface area contributed by atoms with Crippen LogP contribution in [0.4, 0.5) is 20.3 Å². The van der Waals surface area contributed by atoms with Crippen molar-refractivity contribution in [3.63, 3.8) is 0 Å². The van der Waals surface area contributed by atoms with Crippen LogP contribution < -0.4 is 10.2 Å². The Morgan fingerprint density at radius 2 is 1.90 bits per heavy atom. The number of halogens is 2. The molecule has 6 nitrogen and oxygen atoms in total. The Morgan fingerprint density at radius 1 is 1.07 bits per heavy atom. The lowest BCUT2D eigenvalue weighted by atomic mass is 10.2. The van der Waals surface area contributed by atoms with Gasteiger partial charge in [-0.05, 0) is 42.8 Å². The summed E-state index contributed by atoms with van der Waals surface area (Å²) in [5.41, 5.74) is 0.378. The lowest BCUT2D eigenvalue weighted by molar-refractivity contribution is 0.102. The molecule has 0 aliphatic carbocycles. The van der Waals surface area contributed by atoms with Crippen molar-refractivity contribution < 1.29 is 18.0 Å². The lowest BCUT2D eigenvalue weighted by Crippen LogP contribution is -2.30. The van der Waals surface area contributed by atoms with E-state index in [1.807, 2.05) is 18.2 Å². The van der Waals surface area contributed by atoms with Gasteiger partial charge in [-0.2, -0.15) is 0 Å². The fraction of sp³-hybridized carbons (Fsp3) is 0.273. The Morgan fingerprint density at radius 3 is 2.60 bits per heavy atom. The molecule has 8 heteroatoms. The minimum absolute atomic E-state index is 0.0826. The van der Waals surface area contributed by atoms with Crippen molar-refractivity contribution in [1.29, 1.82) is 0 Å². The molecule has 1 aliphatic rings. The van der Waals surface area contributed by atoms with Crippen LogP contribution in [0.3, 0.4) is 0 Å². The summed E-state index contributed by atoms with van der Waals surface area (Å²) in [5, 5.41) is 2.62. The van der Waals surface area contributed by atoms with Crippen LogP contribution in [0.25, 0.3) is 0 Å². The predicted octanol–water partition coefficient (Wildman–Crippen LogP) is 3.92. The minimum Gasteiger partial charge on any atom is -0.468 e. The summed E-state index contributed by atoms with van der Waals surface area (Å²) in [4.78, 5) is 21.2. The number of pyridine rings is 1. The van der Waals surface area contributed by atoms with E-state index in [-0.39, 0.29) is 5.56 Å². The maximum Gasteiger partial charge on any atom is 0.255 e. The van der Waals surface area contributed by atoms with E-state index < -0.39 is 17.5 Å². The second-order valence-corrected chi connectivity index (χ2v) is 7.21. The van der Waals surface area contributed by atoms with Crippen molar-refractivity contribution in [1.82, 2.24) is 9.88 Å². The smallest absolute Gasteiger partial charge is 0.255 e. The number of benzene rings is 1. The van der Waals surface area contributed by atoms with Gasteiger partial charge in [0.15, 0.2) is 0 Å². The van der Waals surface area contributed by atoms with Gasteiger partial charge in [0.2, 0.25) is 0 Å². The number of carbonyl (C=O) groups excluding carboxylic acids is 1. The second kappa shape index (κ2) is 9.04. The molecule has 0 atom stereocenters. The molecule has 1 aromatic carbocycles. The van der Waals surface area contributed by atoms with Gasteiger partial charge in [-0.25, -0.2) is 13.8 Å². The number of rotatable bonds is 5. The highest BCUT2D eigenvalue weighted by molar-refractivity contribution is 6.04. The van der Waals surface area contributed by atoms with Gasteiger partial charge in [0.05, 0.1) is 24.7 Å². The first-order valence-electron chi connectivity index (χ1n) is 9.80. The van der Waals surface area contributed by atoms with Gasteiger partial charge in [-0.3, -0.25) is 9.69 Å². The Hall–Kier alpha value is -3.26. The van der Waals surface area contributed by atoms with Crippen molar-refractivity contribution in [2.75, 3.05) is 36.4 Å². The molecular formula is C22H22F2N4O2. The molecule has 156 valence electrons. The topological polar surface area (TPSA) is 61.6 Å². The SMILES string of the molecule is O=C(Nc1ccc(N2CCCN(Cc3ccco3)CC2)nc1)c1cc(F)cc(F)c1. The lowest BCUT2D eigenvalue weighted by Gasteiger charge is -2.22. The van der Waals surface area contributed by atoms with E-state index in [1.165, 1.54) is 0 Å². The third kappa shape index (κ3) is 5.01. The Balaban J connectivity index is 1.35. The summed E-state index contributed by atoms with van der Waals surface area (Å²) in [6, 6.07) is 10.2. The number of furan rings is 1. The molecule has 1 saturated heterocycles. The van der Waals surface area contributed by atoms with Crippen LogP contribution in [0, 0.1) is 11.6 Å². The quantitative estimate of drug-likeness (QED) is 0.688. The van der Waals surface area contributed by atoms with Gasteiger partial charge in [-0.15, -0.1) is 0 Å². The number of nitrogens with one attached hydrogen (secondary N) is 1. The summed E-state index contributed by atoms with van der Waals surface area (Å²) in [5.74, 6) is -0.400. The average Bonchev–Trinajstić information content (AvgIpc) is 3.12. The molecule has 1 fully saturated rings. The Bertz CT molecular complexity index is 973. The van der Waals surface area contributed by atoms with Crippen LogP contribution in [-0.4, -0.2) is 42.0 Å². The molecule has 0 saturated carbocycles. The van der Waals surface area contributed by atoms with Crippen molar-refractivity contribution in [3.8, 4) is 0 Å². The van der Waals surface area contributed by atoms with Crippen molar-refractivity contribution in [2.24, 2.45) is 0 Å². The maximum absolute atomic E-state index is 13.3. The van der Waals surface area contributed by atoms with Crippen LogP contribution in [-0.2, 0) is 6.54 Å². The largest absolute Gasteiger partial charge is 0.468 e. The first-order chi connectivity index (χ1) is 14.6. The summed E-state index contributed by atoms with van der Waals surface area (Å²) < 4.78 is 32.0. The average molecular weight is 412 g/mol. The van der Waals surface area contributed by atoms with Gasteiger partial charge < -0.3 is 14.6 Å². The number of hydrogen-bond donors (Lipinski definition) is 1. The first-order valence-corrected chi connectivity index (χ1v) is 9.80. The van der Waals surface area contributed by atoms with Gasteiger partial charge >= 0.3 is 0 Å². The van der Waals surface area contributed by atoms with Crippen LogP contribution in [0.15, 0.2) is 59.3 Å². The van der Waals surface area contributed by atoms with Crippen molar-refractivity contribution in [3.05, 3.63) is 77.9 Å². The number of hydrogen-bond acceptors (Lipinski definition) is 5. The zero-order valence-corrected chi connectivity index (χ0v) is 16.4. The molecule has 30 heavy (non-hydrogen) atoms. The molecule has 0 bridgehead atoms. The van der Waals surface area contributed by atoms with E-state index in [4.69, 9.17) is 4.42 Å².